The Labute approximate surface area is 82.7 Å². The van der Waals surface area contributed by atoms with Crippen LogP contribution in [-0.2, 0) is 11.1 Å². The monoisotopic (exact) mass is 227 g/mol. The van der Waals surface area contributed by atoms with E-state index < -0.39 is 47.4 Å². The molecule has 0 aliphatic carbocycles. The van der Waals surface area contributed by atoms with Gasteiger partial charge < -0.3 is 25.0 Å². The lowest BCUT2D eigenvalue weighted by Gasteiger charge is -2.39. The van der Waals surface area contributed by atoms with Gasteiger partial charge in [-0.25, -0.2) is 4.21 Å². The molecule has 1 aliphatic rings. The van der Waals surface area contributed by atoms with Crippen molar-refractivity contribution in [2.45, 2.75) is 29.7 Å². The van der Waals surface area contributed by atoms with Gasteiger partial charge in [0.05, 0.1) is 12.6 Å². The first-order valence-electron chi connectivity index (χ1n) is 3.99. The molecule has 0 aromatic rings. The van der Waals surface area contributed by atoms with Gasteiger partial charge in [-0.2, -0.15) is 0 Å². The Balaban J connectivity index is 2.78. The van der Waals surface area contributed by atoms with Crippen molar-refractivity contribution < 1.29 is 29.2 Å². The van der Waals surface area contributed by atoms with Gasteiger partial charge in [0.25, 0.3) is 0 Å². The second kappa shape index (κ2) is 4.62. The third-order valence-electron chi connectivity index (χ3n) is 2.21. The molecule has 1 saturated heterocycles. The molecular weight excluding hydrogens is 214 g/mol. The van der Waals surface area contributed by atoms with E-state index in [9.17, 15) is 19.5 Å². The second-order valence-corrected chi connectivity index (χ2v) is 4.18. The van der Waals surface area contributed by atoms with E-state index in [0.717, 1.165) is 0 Å². The quantitative estimate of drug-likeness (QED) is 0.271. The van der Waals surface area contributed by atoms with Crippen LogP contribution in [-0.4, -0.2) is 65.5 Å². The van der Waals surface area contributed by atoms with Gasteiger partial charge in [-0.3, -0.25) is 5.32 Å². The Morgan fingerprint density at radius 3 is 2.14 bits per heavy atom. The minimum absolute atomic E-state index is 0.501. The molecule has 1 rings (SSSR count). The summed E-state index contributed by atoms with van der Waals surface area (Å²) in [6.45, 7) is -0.501. The molecule has 0 spiro atoms. The van der Waals surface area contributed by atoms with Crippen molar-refractivity contribution in [2.24, 2.45) is 0 Å². The summed E-state index contributed by atoms with van der Waals surface area (Å²) in [5.74, 6) is 0. The predicted octanol–water partition coefficient (Wildman–Crippen LogP) is -3.42. The largest absolute Gasteiger partial charge is 0.395 e. The van der Waals surface area contributed by atoms with Crippen LogP contribution in [0.15, 0.2) is 0 Å². The predicted molar refractivity (Wildman–Crippen MR) is 46.6 cm³/mol. The SMILES string of the molecule is O=S(O)[C@@H]1N[C@H](CO)[C@@H](O)[C@H](O)[C@@H]1O. The number of hydrogen-bond donors (Lipinski definition) is 6. The normalized spacial score (nSPS) is 46.2. The number of nitrogens with one attached hydrogen (secondary N) is 1. The van der Waals surface area contributed by atoms with Gasteiger partial charge >= 0.3 is 0 Å². The smallest absolute Gasteiger partial charge is 0.173 e. The van der Waals surface area contributed by atoms with Crippen molar-refractivity contribution >= 4 is 11.1 Å². The van der Waals surface area contributed by atoms with E-state index in [0.29, 0.717) is 0 Å². The lowest BCUT2D eigenvalue weighted by molar-refractivity contribution is -0.107. The third-order valence-corrected chi connectivity index (χ3v) is 3.06. The fraction of sp³-hybridized carbons (Fsp3) is 1.00. The third kappa shape index (κ3) is 2.11. The van der Waals surface area contributed by atoms with Crippen molar-refractivity contribution in [3.8, 4) is 0 Å². The Hall–Kier alpha value is -0.0900. The van der Waals surface area contributed by atoms with Crippen LogP contribution in [0.4, 0.5) is 0 Å². The first kappa shape index (κ1) is 12.0. The minimum atomic E-state index is -2.38. The number of rotatable bonds is 2. The van der Waals surface area contributed by atoms with E-state index in [2.05, 4.69) is 5.32 Å². The molecule has 7 nitrogen and oxygen atoms in total. The zero-order valence-corrected chi connectivity index (χ0v) is 7.96. The molecule has 0 amide bonds. The number of hydrogen-bond acceptors (Lipinski definition) is 6. The summed E-state index contributed by atoms with van der Waals surface area (Å²) < 4.78 is 19.4. The maximum Gasteiger partial charge on any atom is 0.173 e. The van der Waals surface area contributed by atoms with Crippen molar-refractivity contribution in [1.29, 1.82) is 0 Å². The fourth-order valence-electron chi connectivity index (χ4n) is 1.37. The first-order valence-corrected chi connectivity index (χ1v) is 5.16. The Morgan fingerprint density at radius 1 is 1.14 bits per heavy atom. The van der Waals surface area contributed by atoms with Crippen LogP contribution in [0.25, 0.3) is 0 Å². The van der Waals surface area contributed by atoms with Crippen LogP contribution in [0.5, 0.6) is 0 Å². The molecule has 1 unspecified atom stereocenters. The zero-order chi connectivity index (χ0) is 10.9. The summed E-state index contributed by atoms with van der Waals surface area (Å²) in [7, 11) is 0. The average molecular weight is 227 g/mol. The highest BCUT2D eigenvalue weighted by molar-refractivity contribution is 7.79. The maximum atomic E-state index is 10.7. The van der Waals surface area contributed by atoms with Gasteiger partial charge in [-0.1, -0.05) is 0 Å². The summed E-state index contributed by atoms with van der Waals surface area (Å²) in [6, 6.07) is -0.922. The van der Waals surface area contributed by atoms with Gasteiger partial charge in [0.1, 0.15) is 23.7 Å². The van der Waals surface area contributed by atoms with E-state index in [4.69, 9.17) is 9.66 Å². The van der Waals surface area contributed by atoms with E-state index in [-0.39, 0.29) is 0 Å². The van der Waals surface area contributed by atoms with Crippen LogP contribution in [0.2, 0.25) is 0 Å². The van der Waals surface area contributed by atoms with Crippen LogP contribution < -0.4 is 5.32 Å². The lowest BCUT2D eigenvalue weighted by Crippen LogP contribution is -2.66. The molecule has 1 heterocycles. The summed E-state index contributed by atoms with van der Waals surface area (Å²) in [5, 5.41) is 37.7. The summed E-state index contributed by atoms with van der Waals surface area (Å²) in [6.07, 6.45) is -4.46. The van der Waals surface area contributed by atoms with Gasteiger partial charge in [-0.05, 0) is 0 Å². The molecule has 0 aromatic carbocycles. The molecule has 0 bridgehead atoms. The van der Waals surface area contributed by atoms with E-state index in [1.54, 1.807) is 0 Å². The topological polar surface area (TPSA) is 130 Å². The maximum absolute atomic E-state index is 10.7. The highest BCUT2D eigenvalue weighted by Crippen LogP contribution is 2.16. The van der Waals surface area contributed by atoms with Crippen molar-refractivity contribution in [3.63, 3.8) is 0 Å². The molecular formula is C6H13NO6S. The van der Waals surface area contributed by atoms with Gasteiger partial charge in [0.15, 0.2) is 11.1 Å². The number of aliphatic hydroxyl groups is 4. The summed E-state index contributed by atoms with van der Waals surface area (Å²) in [5.41, 5.74) is 0. The minimum Gasteiger partial charge on any atom is -0.395 e. The van der Waals surface area contributed by atoms with Gasteiger partial charge in [-0.15, -0.1) is 0 Å². The molecule has 1 fully saturated rings. The van der Waals surface area contributed by atoms with Gasteiger partial charge in [0, 0.05) is 0 Å². The molecule has 6 N–H and O–H groups in total. The van der Waals surface area contributed by atoms with Crippen LogP contribution in [0.3, 0.4) is 0 Å². The fourth-order valence-corrected chi connectivity index (χ4v) is 2.06. The standard InChI is InChI=1S/C6H13NO6S/c8-1-2-3(9)4(10)5(11)6(7-2)14(12)13/h2-11H,1H2,(H,12,13)/t2-,3-,4+,5+,6+/m1/s1. The van der Waals surface area contributed by atoms with Gasteiger partial charge in [0.2, 0.25) is 0 Å². The summed E-state index contributed by atoms with van der Waals surface area (Å²) in [4.78, 5) is 0. The molecule has 8 heteroatoms. The van der Waals surface area contributed by atoms with E-state index >= 15 is 0 Å². The Kier molecular flexibility index (Phi) is 3.95. The Morgan fingerprint density at radius 2 is 1.71 bits per heavy atom. The molecule has 0 saturated carbocycles. The van der Waals surface area contributed by atoms with Crippen molar-refractivity contribution in [3.05, 3.63) is 0 Å². The number of aliphatic hydroxyl groups excluding tert-OH is 4. The Bertz CT molecular complexity index is 224. The molecule has 0 aromatic heterocycles. The van der Waals surface area contributed by atoms with Crippen LogP contribution in [0.1, 0.15) is 0 Å². The molecule has 0 radical (unpaired) electrons. The van der Waals surface area contributed by atoms with Crippen LogP contribution in [0, 0.1) is 0 Å². The van der Waals surface area contributed by atoms with Crippen molar-refractivity contribution in [2.75, 3.05) is 6.61 Å². The second-order valence-electron chi connectivity index (χ2n) is 3.12. The summed E-state index contributed by atoms with van der Waals surface area (Å²) >= 11 is -2.38. The van der Waals surface area contributed by atoms with Crippen LogP contribution >= 0.6 is 0 Å². The first-order chi connectivity index (χ1) is 6.49. The van der Waals surface area contributed by atoms with E-state index in [1.165, 1.54) is 0 Å². The highest BCUT2D eigenvalue weighted by Gasteiger charge is 2.44. The van der Waals surface area contributed by atoms with Crippen molar-refractivity contribution in [1.82, 2.24) is 5.32 Å². The zero-order valence-electron chi connectivity index (χ0n) is 7.15. The molecule has 1 aliphatic heterocycles. The highest BCUT2D eigenvalue weighted by atomic mass is 32.2. The lowest BCUT2D eigenvalue weighted by atomic mass is 9.96. The molecule has 84 valence electrons. The molecule has 14 heavy (non-hydrogen) atoms. The molecule has 6 atom stereocenters. The average Bonchev–Trinajstić information content (AvgIpc) is 2.14. The number of piperidine rings is 1. The van der Waals surface area contributed by atoms with E-state index in [1.807, 2.05) is 0 Å².